The highest BCUT2D eigenvalue weighted by molar-refractivity contribution is 9.09. The molecular formula is C11H11BrO5. The number of halogens is 1. The number of rotatable bonds is 5. The summed E-state index contributed by atoms with van der Waals surface area (Å²) in [6.07, 6.45) is -1.88. The monoisotopic (exact) mass is 302 g/mol. The zero-order valence-corrected chi connectivity index (χ0v) is 10.3. The minimum Gasteiger partial charge on any atom is -0.508 e. The number of hydrogen-bond acceptors (Lipinski definition) is 4. The molecular weight excluding hydrogens is 292 g/mol. The maximum atomic E-state index is 11.3. The summed E-state index contributed by atoms with van der Waals surface area (Å²) < 4.78 is 0. The van der Waals surface area contributed by atoms with Gasteiger partial charge >= 0.3 is 5.97 Å². The Labute approximate surface area is 106 Å². The highest BCUT2D eigenvalue weighted by Crippen LogP contribution is 2.28. The lowest BCUT2D eigenvalue weighted by molar-refractivity contribution is -0.147. The first-order chi connectivity index (χ1) is 7.97. The molecule has 0 saturated heterocycles. The average Bonchev–Trinajstić information content (AvgIpc) is 2.28. The highest BCUT2D eigenvalue weighted by atomic mass is 79.9. The molecule has 0 aliphatic carbocycles. The number of aliphatic hydroxyl groups excluding tert-OH is 1. The second-order valence-electron chi connectivity index (χ2n) is 3.44. The molecule has 17 heavy (non-hydrogen) atoms. The van der Waals surface area contributed by atoms with Gasteiger partial charge in [-0.1, -0.05) is 28.1 Å². The van der Waals surface area contributed by atoms with Crippen LogP contribution in [-0.4, -0.2) is 32.4 Å². The highest BCUT2D eigenvalue weighted by Gasteiger charge is 2.23. The molecule has 0 amide bonds. The SMILES string of the molecule is O=C(CBr)Cc1cccc(O)c1C(O)C(=O)O. The lowest BCUT2D eigenvalue weighted by Crippen LogP contribution is -2.15. The van der Waals surface area contributed by atoms with Crippen molar-refractivity contribution in [3.05, 3.63) is 29.3 Å². The van der Waals surface area contributed by atoms with Gasteiger partial charge in [-0.2, -0.15) is 0 Å². The third-order valence-electron chi connectivity index (χ3n) is 2.22. The van der Waals surface area contributed by atoms with Crippen molar-refractivity contribution in [1.82, 2.24) is 0 Å². The number of aliphatic hydroxyl groups is 1. The molecule has 1 aromatic rings. The van der Waals surface area contributed by atoms with Gasteiger partial charge in [0.05, 0.1) is 5.33 Å². The van der Waals surface area contributed by atoms with E-state index in [0.717, 1.165) is 0 Å². The zero-order chi connectivity index (χ0) is 13.0. The summed E-state index contributed by atoms with van der Waals surface area (Å²) in [7, 11) is 0. The first kappa shape index (κ1) is 13.7. The van der Waals surface area contributed by atoms with E-state index >= 15 is 0 Å². The molecule has 0 saturated carbocycles. The van der Waals surface area contributed by atoms with Crippen molar-refractivity contribution in [3.63, 3.8) is 0 Å². The Balaban J connectivity index is 3.17. The van der Waals surface area contributed by atoms with Crippen molar-refractivity contribution in [2.45, 2.75) is 12.5 Å². The van der Waals surface area contributed by atoms with E-state index in [0.29, 0.717) is 5.56 Å². The number of carbonyl (C=O) groups is 2. The number of Topliss-reactive ketones (excluding diaryl/α,β-unsaturated/α-hetero) is 1. The van der Waals surface area contributed by atoms with E-state index in [9.17, 15) is 19.8 Å². The fourth-order valence-electron chi connectivity index (χ4n) is 1.45. The van der Waals surface area contributed by atoms with Crippen LogP contribution >= 0.6 is 15.9 Å². The normalized spacial score (nSPS) is 12.1. The molecule has 6 heteroatoms. The van der Waals surface area contributed by atoms with Crippen LogP contribution < -0.4 is 0 Å². The summed E-state index contributed by atoms with van der Waals surface area (Å²) in [6.45, 7) is 0. The molecule has 0 bridgehead atoms. The molecule has 0 radical (unpaired) electrons. The van der Waals surface area contributed by atoms with E-state index in [1.807, 2.05) is 0 Å². The van der Waals surface area contributed by atoms with Gasteiger partial charge in [-0.25, -0.2) is 4.79 Å². The topological polar surface area (TPSA) is 94.8 Å². The summed E-state index contributed by atoms with van der Waals surface area (Å²) in [5.74, 6) is -1.98. The van der Waals surface area contributed by atoms with Crippen molar-refractivity contribution in [1.29, 1.82) is 0 Å². The molecule has 0 aliphatic heterocycles. The molecule has 0 aliphatic rings. The van der Waals surface area contributed by atoms with Crippen LogP contribution in [0.4, 0.5) is 0 Å². The predicted octanol–water partition coefficient (Wildman–Crippen LogP) is 1.02. The van der Waals surface area contributed by atoms with Crippen molar-refractivity contribution < 1.29 is 24.9 Å². The third-order valence-corrected chi connectivity index (χ3v) is 2.84. The molecule has 1 rings (SSSR count). The molecule has 1 unspecified atom stereocenters. The predicted molar refractivity (Wildman–Crippen MR) is 63.2 cm³/mol. The number of carboxylic acids is 1. The second-order valence-corrected chi connectivity index (χ2v) is 4.00. The standard InChI is InChI=1S/C11H11BrO5/c12-5-7(13)4-6-2-1-3-8(14)9(6)10(15)11(16)17/h1-3,10,14-15H,4-5H2,(H,16,17). The summed E-state index contributed by atoms with van der Waals surface area (Å²) in [6, 6.07) is 4.26. The molecule has 3 N–H and O–H groups in total. The molecule has 0 aromatic heterocycles. The summed E-state index contributed by atoms with van der Waals surface area (Å²) in [5.41, 5.74) is 0.179. The number of phenols is 1. The summed E-state index contributed by atoms with van der Waals surface area (Å²) in [4.78, 5) is 22.0. The molecule has 0 fully saturated rings. The number of hydrogen-bond donors (Lipinski definition) is 3. The van der Waals surface area contributed by atoms with Crippen molar-refractivity contribution in [3.8, 4) is 5.75 Å². The van der Waals surface area contributed by atoms with E-state index < -0.39 is 12.1 Å². The van der Waals surface area contributed by atoms with Crippen molar-refractivity contribution >= 4 is 27.7 Å². The number of carboxylic acid groups (broad SMARTS) is 1. The molecule has 0 spiro atoms. The molecule has 0 heterocycles. The van der Waals surface area contributed by atoms with Crippen molar-refractivity contribution in [2.24, 2.45) is 0 Å². The van der Waals surface area contributed by atoms with Gasteiger partial charge in [0.1, 0.15) is 11.5 Å². The largest absolute Gasteiger partial charge is 0.508 e. The van der Waals surface area contributed by atoms with Crippen LogP contribution in [0, 0.1) is 0 Å². The Kier molecular flexibility index (Phi) is 4.65. The van der Waals surface area contributed by atoms with E-state index in [4.69, 9.17) is 5.11 Å². The Hall–Kier alpha value is -1.40. The number of phenolic OH excluding ortho intramolecular Hbond substituents is 1. The minimum absolute atomic E-state index is 0.0423. The number of alkyl halides is 1. The van der Waals surface area contributed by atoms with Crippen LogP contribution in [0.2, 0.25) is 0 Å². The van der Waals surface area contributed by atoms with E-state index in [1.54, 1.807) is 0 Å². The van der Waals surface area contributed by atoms with Crippen LogP contribution in [-0.2, 0) is 16.0 Å². The maximum Gasteiger partial charge on any atom is 0.337 e. The number of benzene rings is 1. The van der Waals surface area contributed by atoms with E-state index in [1.165, 1.54) is 18.2 Å². The van der Waals surface area contributed by atoms with Crippen LogP contribution in [0.25, 0.3) is 0 Å². The fraction of sp³-hybridized carbons (Fsp3) is 0.273. The Bertz CT molecular complexity index is 443. The van der Waals surface area contributed by atoms with Gasteiger partial charge in [0.15, 0.2) is 6.10 Å². The fourth-order valence-corrected chi connectivity index (χ4v) is 1.65. The zero-order valence-electron chi connectivity index (χ0n) is 8.76. The number of aliphatic carboxylic acids is 1. The van der Waals surface area contributed by atoms with Gasteiger partial charge in [-0.3, -0.25) is 4.79 Å². The van der Waals surface area contributed by atoms with E-state index in [-0.39, 0.29) is 28.8 Å². The first-order valence-electron chi connectivity index (χ1n) is 4.76. The van der Waals surface area contributed by atoms with Gasteiger partial charge in [0.25, 0.3) is 0 Å². The lowest BCUT2D eigenvalue weighted by Gasteiger charge is -2.13. The summed E-state index contributed by atoms with van der Waals surface area (Å²) >= 11 is 2.99. The average molecular weight is 303 g/mol. The lowest BCUT2D eigenvalue weighted by atomic mass is 9.97. The third kappa shape index (κ3) is 3.28. The number of aromatic hydroxyl groups is 1. The smallest absolute Gasteiger partial charge is 0.337 e. The van der Waals surface area contributed by atoms with Crippen molar-refractivity contribution in [2.75, 3.05) is 5.33 Å². The summed E-state index contributed by atoms with van der Waals surface area (Å²) in [5, 5.41) is 27.9. The van der Waals surface area contributed by atoms with Gasteiger partial charge in [0.2, 0.25) is 0 Å². The number of ketones is 1. The van der Waals surface area contributed by atoms with Crippen LogP contribution in [0.1, 0.15) is 17.2 Å². The van der Waals surface area contributed by atoms with Crippen LogP contribution in [0.5, 0.6) is 5.75 Å². The quantitative estimate of drug-likeness (QED) is 0.706. The molecule has 92 valence electrons. The maximum absolute atomic E-state index is 11.3. The Morgan fingerprint density at radius 1 is 1.35 bits per heavy atom. The molecule has 1 aromatic carbocycles. The Morgan fingerprint density at radius 2 is 2.00 bits per heavy atom. The second kappa shape index (κ2) is 5.79. The van der Waals surface area contributed by atoms with E-state index in [2.05, 4.69) is 15.9 Å². The van der Waals surface area contributed by atoms with Gasteiger partial charge < -0.3 is 15.3 Å². The van der Waals surface area contributed by atoms with Gasteiger partial charge in [0, 0.05) is 12.0 Å². The molecule has 1 atom stereocenters. The van der Waals surface area contributed by atoms with Crippen LogP contribution in [0.15, 0.2) is 18.2 Å². The Morgan fingerprint density at radius 3 is 2.53 bits per heavy atom. The number of carbonyl (C=O) groups excluding carboxylic acids is 1. The minimum atomic E-state index is -1.84. The van der Waals surface area contributed by atoms with Crippen LogP contribution in [0.3, 0.4) is 0 Å². The first-order valence-corrected chi connectivity index (χ1v) is 5.88. The molecule has 5 nitrogen and oxygen atoms in total. The van der Waals surface area contributed by atoms with Gasteiger partial charge in [-0.05, 0) is 11.6 Å². The van der Waals surface area contributed by atoms with Gasteiger partial charge in [-0.15, -0.1) is 0 Å².